The molecule has 0 saturated heterocycles. The topological polar surface area (TPSA) is 9.23 Å². The van der Waals surface area contributed by atoms with Crippen molar-refractivity contribution < 1.29 is 4.74 Å². The molecule has 104 valence electrons. The van der Waals surface area contributed by atoms with E-state index in [1.54, 1.807) is 0 Å². The van der Waals surface area contributed by atoms with Gasteiger partial charge in [-0.1, -0.05) is 30.3 Å². The third kappa shape index (κ3) is 2.43. The van der Waals surface area contributed by atoms with E-state index in [0.717, 1.165) is 30.8 Å². The molecule has 1 heterocycles. The molecule has 2 aromatic rings. The van der Waals surface area contributed by atoms with Gasteiger partial charge in [0.05, 0.1) is 12.0 Å². The number of hydrogen-bond donors (Lipinski definition) is 0. The molecule has 1 aliphatic rings. The molecule has 0 spiro atoms. The Morgan fingerprint density at radius 3 is 2.60 bits per heavy atom. The van der Waals surface area contributed by atoms with E-state index in [0.29, 0.717) is 0 Å². The highest BCUT2D eigenvalue weighted by Crippen LogP contribution is 2.36. The van der Waals surface area contributed by atoms with Crippen molar-refractivity contribution in [3.63, 3.8) is 0 Å². The van der Waals surface area contributed by atoms with Crippen LogP contribution in [-0.2, 0) is 6.42 Å². The van der Waals surface area contributed by atoms with E-state index >= 15 is 0 Å². The van der Waals surface area contributed by atoms with Crippen LogP contribution in [0, 0.1) is 13.8 Å². The Morgan fingerprint density at radius 2 is 1.85 bits per heavy atom. The number of alkyl halides is 1. The zero-order chi connectivity index (χ0) is 14.1. The van der Waals surface area contributed by atoms with Gasteiger partial charge in [0, 0.05) is 0 Å². The summed E-state index contributed by atoms with van der Waals surface area (Å²) in [7, 11) is 0. The fraction of sp³-hybridized carbons (Fsp3) is 0.333. The summed E-state index contributed by atoms with van der Waals surface area (Å²) >= 11 is 6.74. The molecule has 0 radical (unpaired) electrons. The van der Waals surface area contributed by atoms with Crippen LogP contribution in [0.4, 0.5) is 0 Å². The number of fused-ring (bicyclic) bond motifs is 1. The van der Waals surface area contributed by atoms with Gasteiger partial charge < -0.3 is 4.74 Å². The van der Waals surface area contributed by atoms with Crippen LogP contribution < -0.4 is 4.74 Å². The number of aryl methyl sites for hydroxylation is 3. The van der Waals surface area contributed by atoms with Crippen molar-refractivity contribution in [2.45, 2.75) is 32.1 Å². The normalized spacial score (nSPS) is 15.3. The van der Waals surface area contributed by atoms with Crippen molar-refractivity contribution in [2.75, 3.05) is 6.61 Å². The van der Waals surface area contributed by atoms with Gasteiger partial charge in [0.25, 0.3) is 0 Å². The van der Waals surface area contributed by atoms with Gasteiger partial charge in [-0.15, -0.1) is 11.6 Å². The third-order valence-corrected chi connectivity index (χ3v) is 4.49. The smallest absolute Gasteiger partial charge is 0.122 e. The highest BCUT2D eigenvalue weighted by molar-refractivity contribution is 6.22. The Morgan fingerprint density at radius 1 is 1.10 bits per heavy atom. The lowest BCUT2D eigenvalue weighted by molar-refractivity contribution is 0.288. The van der Waals surface area contributed by atoms with Gasteiger partial charge in [-0.3, -0.25) is 0 Å². The Kier molecular flexibility index (Phi) is 3.71. The second kappa shape index (κ2) is 5.49. The van der Waals surface area contributed by atoms with Crippen LogP contribution in [-0.4, -0.2) is 6.61 Å². The van der Waals surface area contributed by atoms with E-state index in [1.165, 1.54) is 22.3 Å². The maximum atomic E-state index is 6.74. The van der Waals surface area contributed by atoms with Gasteiger partial charge in [0.1, 0.15) is 5.75 Å². The first-order valence-electron chi connectivity index (χ1n) is 7.12. The fourth-order valence-corrected chi connectivity index (χ4v) is 3.41. The minimum Gasteiger partial charge on any atom is -0.493 e. The number of ether oxygens (including phenoxy) is 1. The minimum absolute atomic E-state index is 0.0940. The average Bonchev–Trinajstić information content (AvgIpc) is 2.46. The van der Waals surface area contributed by atoms with Crippen LogP contribution in [0.1, 0.15) is 39.6 Å². The molecule has 2 aromatic carbocycles. The van der Waals surface area contributed by atoms with E-state index in [-0.39, 0.29) is 5.38 Å². The van der Waals surface area contributed by atoms with Gasteiger partial charge in [-0.25, -0.2) is 0 Å². The molecular formula is C18H19ClO. The Balaban J connectivity index is 2.00. The lowest BCUT2D eigenvalue weighted by Gasteiger charge is -2.21. The van der Waals surface area contributed by atoms with Crippen LogP contribution in [0.15, 0.2) is 36.4 Å². The van der Waals surface area contributed by atoms with Gasteiger partial charge in [0.15, 0.2) is 0 Å². The number of rotatable bonds is 2. The molecule has 0 amide bonds. The minimum atomic E-state index is -0.0940. The van der Waals surface area contributed by atoms with Crippen molar-refractivity contribution >= 4 is 11.6 Å². The Bertz CT molecular complexity index is 613. The maximum absolute atomic E-state index is 6.74. The molecule has 0 fully saturated rings. The summed E-state index contributed by atoms with van der Waals surface area (Å²) in [5.74, 6) is 1.02. The van der Waals surface area contributed by atoms with Crippen molar-refractivity contribution in [2.24, 2.45) is 0 Å². The van der Waals surface area contributed by atoms with Gasteiger partial charge >= 0.3 is 0 Å². The number of hydrogen-bond acceptors (Lipinski definition) is 1. The van der Waals surface area contributed by atoms with E-state index in [2.05, 4.69) is 50.2 Å². The monoisotopic (exact) mass is 286 g/mol. The predicted molar refractivity (Wildman–Crippen MR) is 83.9 cm³/mol. The first-order valence-corrected chi connectivity index (χ1v) is 7.56. The molecular weight excluding hydrogens is 268 g/mol. The van der Waals surface area contributed by atoms with E-state index in [4.69, 9.17) is 16.3 Å². The van der Waals surface area contributed by atoms with Crippen LogP contribution in [0.5, 0.6) is 5.75 Å². The molecule has 0 aliphatic carbocycles. The first kappa shape index (κ1) is 13.5. The summed E-state index contributed by atoms with van der Waals surface area (Å²) in [6.45, 7) is 5.08. The number of halogens is 1. The fourth-order valence-electron chi connectivity index (χ4n) is 2.93. The molecule has 1 nitrogen and oxygen atoms in total. The highest BCUT2D eigenvalue weighted by atomic mass is 35.5. The standard InChI is InChI=1S/C18H19ClO/c1-12-5-3-6-13(2)17(12)18(19)15-8-9-16-14(11-15)7-4-10-20-16/h3,5-6,8-9,11,18H,4,7,10H2,1-2H3. The largest absolute Gasteiger partial charge is 0.493 e. The molecule has 1 atom stereocenters. The van der Waals surface area contributed by atoms with Gasteiger partial charge in [-0.2, -0.15) is 0 Å². The van der Waals surface area contributed by atoms with Crippen molar-refractivity contribution in [3.05, 3.63) is 64.2 Å². The molecule has 1 unspecified atom stereocenters. The summed E-state index contributed by atoms with van der Waals surface area (Å²) in [4.78, 5) is 0. The lowest BCUT2D eigenvalue weighted by atomic mass is 9.93. The molecule has 2 heteroatoms. The molecule has 3 rings (SSSR count). The maximum Gasteiger partial charge on any atom is 0.122 e. The zero-order valence-corrected chi connectivity index (χ0v) is 12.7. The van der Waals surface area contributed by atoms with Crippen molar-refractivity contribution in [1.29, 1.82) is 0 Å². The molecule has 20 heavy (non-hydrogen) atoms. The molecule has 1 aliphatic heterocycles. The SMILES string of the molecule is Cc1cccc(C)c1C(Cl)c1ccc2c(c1)CCCO2. The second-order valence-electron chi connectivity index (χ2n) is 5.49. The first-order chi connectivity index (χ1) is 9.66. The van der Waals surface area contributed by atoms with Crippen molar-refractivity contribution in [3.8, 4) is 5.75 Å². The van der Waals surface area contributed by atoms with Crippen LogP contribution >= 0.6 is 11.6 Å². The molecule has 0 N–H and O–H groups in total. The van der Waals surface area contributed by atoms with Crippen LogP contribution in [0.2, 0.25) is 0 Å². The molecule has 0 saturated carbocycles. The summed E-state index contributed by atoms with van der Waals surface area (Å²) in [6.07, 6.45) is 2.17. The third-order valence-electron chi connectivity index (χ3n) is 4.02. The van der Waals surface area contributed by atoms with E-state index in [9.17, 15) is 0 Å². The Hall–Kier alpha value is -1.47. The molecule has 0 aromatic heterocycles. The quantitative estimate of drug-likeness (QED) is 0.709. The Labute approximate surface area is 125 Å². The lowest BCUT2D eigenvalue weighted by Crippen LogP contribution is -2.09. The highest BCUT2D eigenvalue weighted by Gasteiger charge is 2.18. The summed E-state index contributed by atoms with van der Waals surface area (Å²) in [6, 6.07) is 12.7. The molecule has 0 bridgehead atoms. The van der Waals surface area contributed by atoms with E-state index in [1.807, 2.05) is 0 Å². The van der Waals surface area contributed by atoms with E-state index < -0.39 is 0 Å². The average molecular weight is 287 g/mol. The number of benzene rings is 2. The zero-order valence-electron chi connectivity index (χ0n) is 11.9. The summed E-state index contributed by atoms with van der Waals surface area (Å²) < 4.78 is 5.67. The van der Waals surface area contributed by atoms with Gasteiger partial charge in [-0.05, 0) is 60.6 Å². The summed E-state index contributed by atoms with van der Waals surface area (Å²) in [5, 5.41) is -0.0940. The van der Waals surface area contributed by atoms with Crippen molar-refractivity contribution in [1.82, 2.24) is 0 Å². The predicted octanol–water partition coefficient (Wildman–Crippen LogP) is 4.96. The summed E-state index contributed by atoms with van der Waals surface area (Å²) in [5.41, 5.74) is 6.17. The van der Waals surface area contributed by atoms with Crippen LogP contribution in [0.25, 0.3) is 0 Å². The second-order valence-corrected chi connectivity index (χ2v) is 5.92. The van der Waals surface area contributed by atoms with Crippen LogP contribution in [0.3, 0.4) is 0 Å². The van der Waals surface area contributed by atoms with Gasteiger partial charge in [0.2, 0.25) is 0 Å².